The molecule has 0 aliphatic heterocycles. The number of rotatable bonds is 2. The van der Waals surface area contributed by atoms with Crippen molar-refractivity contribution in [1.82, 2.24) is 9.55 Å². The minimum Gasteiger partial charge on any atom is -0.281 e. The third-order valence-corrected chi connectivity index (χ3v) is 4.60. The Kier molecular flexibility index (Phi) is 3.58. The number of pyridine rings is 2. The van der Waals surface area contributed by atoms with Crippen molar-refractivity contribution in [1.29, 1.82) is 0 Å². The monoisotopic (exact) mass is 334 g/mol. The van der Waals surface area contributed by atoms with Crippen LogP contribution in [0.2, 0.25) is 5.02 Å². The third-order valence-electron chi connectivity index (χ3n) is 4.28. The van der Waals surface area contributed by atoms with Crippen LogP contribution in [0.25, 0.3) is 27.4 Å². The van der Waals surface area contributed by atoms with E-state index in [9.17, 15) is 4.79 Å². The molecule has 0 spiro atoms. The fourth-order valence-electron chi connectivity index (χ4n) is 3.11. The van der Waals surface area contributed by atoms with Gasteiger partial charge in [0.05, 0.1) is 21.6 Å². The Morgan fingerprint density at radius 3 is 2.71 bits per heavy atom. The third kappa shape index (κ3) is 2.29. The highest BCUT2D eigenvalue weighted by Crippen LogP contribution is 2.24. The molecule has 0 aliphatic carbocycles. The molecule has 0 bridgehead atoms. The molecule has 2 aromatic carbocycles. The first-order valence-corrected chi connectivity index (χ1v) is 8.25. The smallest absolute Gasteiger partial charge is 0.264 e. The van der Waals surface area contributed by atoms with Crippen LogP contribution in [0.5, 0.6) is 0 Å². The minimum atomic E-state index is -0.0924. The summed E-state index contributed by atoms with van der Waals surface area (Å²) in [6.45, 7) is 2.04. The van der Waals surface area contributed by atoms with Crippen molar-refractivity contribution in [3.05, 3.63) is 81.9 Å². The second-order valence-electron chi connectivity index (χ2n) is 5.71. The standard InChI is InChI=1S/C20H15ClN2O/c1-2-15-11-14-5-3-7-17(21)19(14)20(24)23(15)16-9-8-13-6-4-10-22-18(13)12-16/h3-12H,2H2,1H3. The molecule has 4 heteroatoms. The Morgan fingerprint density at radius 1 is 1.04 bits per heavy atom. The summed E-state index contributed by atoms with van der Waals surface area (Å²) in [5.74, 6) is 0. The zero-order valence-electron chi connectivity index (χ0n) is 13.2. The topological polar surface area (TPSA) is 34.9 Å². The van der Waals surface area contributed by atoms with Crippen molar-refractivity contribution >= 4 is 33.3 Å². The predicted molar refractivity (Wildman–Crippen MR) is 99.2 cm³/mol. The number of aryl methyl sites for hydroxylation is 1. The van der Waals surface area contributed by atoms with Gasteiger partial charge < -0.3 is 0 Å². The van der Waals surface area contributed by atoms with Crippen LogP contribution in [-0.2, 0) is 6.42 Å². The first-order chi connectivity index (χ1) is 11.7. The summed E-state index contributed by atoms with van der Waals surface area (Å²) in [6, 6.07) is 17.4. The van der Waals surface area contributed by atoms with Crippen LogP contribution < -0.4 is 5.56 Å². The van der Waals surface area contributed by atoms with Gasteiger partial charge in [-0.1, -0.05) is 42.8 Å². The van der Waals surface area contributed by atoms with Crippen LogP contribution in [0.3, 0.4) is 0 Å². The Bertz CT molecular complexity index is 1130. The van der Waals surface area contributed by atoms with Gasteiger partial charge in [0, 0.05) is 17.3 Å². The minimum absolute atomic E-state index is 0.0924. The van der Waals surface area contributed by atoms with Crippen LogP contribution >= 0.6 is 11.6 Å². The van der Waals surface area contributed by atoms with Crippen molar-refractivity contribution in [2.75, 3.05) is 0 Å². The molecule has 0 unspecified atom stereocenters. The summed E-state index contributed by atoms with van der Waals surface area (Å²) in [5, 5.41) is 2.95. The van der Waals surface area contributed by atoms with E-state index in [1.54, 1.807) is 16.8 Å². The molecule has 118 valence electrons. The van der Waals surface area contributed by atoms with E-state index >= 15 is 0 Å². The van der Waals surface area contributed by atoms with Crippen LogP contribution in [0, 0.1) is 0 Å². The molecule has 4 aromatic rings. The summed E-state index contributed by atoms with van der Waals surface area (Å²) in [7, 11) is 0. The van der Waals surface area contributed by atoms with Gasteiger partial charge in [-0.2, -0.15) is 0 Å². The van der Waals surface area contributed by atoms with Gasteiger partial charge in [-0.05, 0) is 42.1 Å². The number of fused-ring (bicyclic) bond motifs is 2. The first kappa shape index (κ1) is 14.9. The van der Waals surface area contributed by atoms with E-state index in [1.165, 1.54) is 0 Å². The zero-order chi connectivity index (χ0) is 16.7. The molecule has 0 saturated carbocycles. The van der Waals surface area contributed by atoms with Gasteiger partial charge in [0.2, 0.25) is 0 Å². The maximum atomic E-state index is 13.1. The summed E-state index contributed by atoms with van der Waals surface area (Å²) in [5.41, 5.74) is 2.53. The molecule has 0 fully saturated rings. The highest BCUT2D eigenvalue weighted by molar-refractivity contribution is 6.35. The number of hydrogen-bond donors (Lipinski definition) is 0. The molecule has 0 radical (unpaired) electrons. The highest BCUT2D eigenvalue weighted by atomic mass is 35.5. The van der Waals surface area contributed by atoms with E-state index in [2.05, 4.69) is 4.98 Å². The highest BCUT2D eigenvalue weighted by Gasteiger charge is 2.12. The Balaban J connectivity index is 2.09. The number of nitrogens with zero attached hydrogens (tertiary/aromatic N) is 2. The summed E-state index contributed by atoms with van der Waals surface area (Å²) < 4.78 is 1.74. The lowest BCUT2D eigenvalue weighted by Gasteiger charge is -2.14. The Morgan fingerprint density at radius 2 is 1.88 bits per heavy atom. The quantitative estimate of drug-likeness (QED) is 0.530. The fraction of sp³-hybridized carbons (Fsp3) is 0.100. The summed E-state index contributed by atoms with van der Waals surface area (Å²) in [4.78, 5) is 17.5. The molecule has 0 atom stereocenters. The fourth-order valence-corrected chi connectivity index (χ4v) is 3.37. The second-order valence-corrected chi connectivity index (χ2v) is 6.12. The Hall–Kier alpha value is -2.65. The van der Waals surface area contributed by atoms with E-state index in [0.29, 0.717) is 10.4 Å². The molecule has 3 nitrogen and oxygen atoms in total. The maximum Gasteiger partial charge on any atom is 0.264 e. The van der Waals surface area contributed by atoms with Crippen molar-refractivity contribution in [2.24, 2.45) is 0 Å². The predicted octanol–water partition coefficient (Wildman–Crippen LogP) is 4.75. The molecule has 2 aromatic heterocycles. The van der Waals surface area contributed by atoms with Gasteiger partial charge >= 0.3 is 0 Å². The largest absolute Gasteiger partial charge is 0.281 e. The molecule has 0 aliphatic rings. The van der Waals surface area contributed by atoms with Gasteiger partial charge in [0.1, 0.15) is 0 Å². The van der Waals surface area contributed by atoms with E-state index in [0.717, 1.165) is 34.1 Å². The van der Waals surface area contributed by atoms with Gasteiger partial charge in [-0.3, -0.25) is 14.3 Å². The lowest BCUT2D eigenvalue weighted by molar-refractivity contribution is 0.890. The molecule has 2 heterocycles. The number of aromatic nitrogens is 2. The molecule has 24 heavy (non-hydrogen) atoms. The summed E-state index contributed by atoms with van der Waals surface area (Å²) in [6.07, 6.45) is 2.50. The number of halogens is 1. The van der Waals surface area contributed by atoms with E-state index < -0.39 is 0 Å². The summed E-state index contributed by atoms with van der Waals surface area (Å²) >= 11 is 6.29. The van der Waals surface area contributed by atoms with E-state index in [1.807, 2.05) is 55.5 Å². The second kappa shape index (κ2) is 5.77. The van der Waals surface area contributed by atoms with Crippen LogP contribution in [-0.4, -0.2) is 9.55 Å². The van der Waals surface area contributed by atoms with Crippen molar-refractivity contribution in [2.45, 2.75) is 13.3 Å². The average molecular weight is 335 g/mol. The van der Waals surface area contributed by atoms with Crippen molar-refractivity contribution in [3.63, 3.8) is 0 Å². The van der Waals surface area contributed by atoms with Crippen LogP contribution in [0.4, 0.5) is 0 Å². The molecule has 0 N–H and O–H groups in total. The molecule has 0 amide bonds. The first-order valence-electron chi connectivity index (χ1n) is 7.87. The van der Waals surface area contributed by atoms with Crippen molar-refractivity contribution < 1.29 is 0 Å². The lowest BCUT2D eigenvalue weighted by Crippen LogP contribution is -2.22. The SMILES string of the molecule is CCc1cc2cccc(Cl)c2c(=O)n1-c1ccc2cccnc2c1. The maximum absolute atomic E-state index is 13.1. The molecule has 4 rings (SSSR count). The van der Waals surface area contributed by atoms with Gasteiger partial charge in [-0.25, -0.2) is 0 Å². The van der Waals surface area contributed by atoms with Crippen LogP contribution in [0.1, 0.15) is 12.6 Å². The zero-order valence-corrected chi connectivity index (χ0v) is 13.9. The average Bonchev–Trinajstić information content (AvgIpc) is 2.61. The molecular weight excluding hydrogens is 320 g/mol. The molecule has 0 saturated heterocycles. The van der Waals surface area contributed by atoms with E-state index in [-0.39, 0.29) is 5.56 Å². The molecular formula is C20H15ClN2O. The van der Waals surface area contributed by atoms with Crippen LogP contribution in [0.15, 0.2) is 65.6 Å². The number of hydrogen-bond acceptors (Lipinski definition) is 2. The van der Waals surface area contributed by atoms with Gasteiger partial charge in [-0.15, -0.1) is 0 Å². The normalized spacial score (nSPS) is 11.2. The van der Waals surface area contributed by atoms with Crippen molar-refractivity contribution in [3.8, 4) is 5.69 Å². The lowest BCUT2D eigenvalue weighted by atomic mass is 10.1. The van der Waals surface area contributed by atoms with Gasteiger partial charge in [0.15, 0.2) is 0 Å². The number of benzene rings is 2. The van der Waals surface area contributed by atoms with Gasteiger partial charge in [0.25, 0.3) is 5.56 Å². The Labute approximate surface area is 144 Å². The van der Waals surface area contributed by atoms with E-state index in [4.69, 9.17) is 11.6 Å².